The average molecular weight is 524 g/mol. The quantitative estimate of drug-likeness (QED) is 0.313. The van der Waals surface area contributed by atoms with Crippen LogP contribution in [0.2, 0.25) is 0 Å². The van der Waals surface area contributed by atoms with Crippen molar-refractivity contribution in [2.45, 2.75) is 58.3 Å². The largest absolute Gasteiger partial charge is 0.379 e. The van der Waals surface area contributed by atoms with Gasteiger partial charge >= 0.3 is 0 Å². The van der Waals surface area contributed by atoms with Crippen LogP contribution in [-0.4, -0.2) is 99.7 Å². The summed E-state index contributed by atoms with van der Waals surface area (Å²) in [7, 11) is 0. The van der Waals surface area contributed by atoms with Crippen LogP contribution in [0.4, 0.5) is 0 Å². The van der Waals surface area contributed by atoms with Crippen LogP contribution in [0.3, 0.4) is 0 Å². The molecule has 3 rings (SSSR count). The minimum absolute atomic E-state index is 0. The second-order valence-corrected chi connectivity index (χ2v) is 8.53. The van der Waals surface area contributed by atoms with Gasteiger partial charge in [-0.15, -0.1) is 24.0 Å². The van der Waals surface area contributed by atoms with E-state index in [1.54, 1.807) is 0 Å². The van der Waals surface area contributed by atoms with Crippen molar-refractivity contribution in [2.75, 3.05) is 65.7 Å². The molecule has 0 amide bonds. The molecular formula is C21H41IN4O3. The zero-order chi connectivity index (χ0) is 19.8. The topological polar surface area (TPSA) is 58.6 Å². The van der Waals surface area contributed by atoms with E-state index in [0.717, 1.165) is 84.5 Å². The number of hydrogen-bond acceptors (Lipinski definition) is 5. The summed E-state index contributed by atoms with van der Waals surface area (Å²) in [6.07, 6.45) is 3.83. The van der Waals surface area contributed by atoms with Crippen molar-refractivity contribution in [1.29, 1.82) is 0 Å². The summed E-state index contributed by atoms with van der Waals surface area (Å²) in [4.78, 5) is 10.0. The van der Waals surface area contributed by atoms with Crippen molar-refractivity contribution >= 4 is 29.9 Å². The zero-order valence-electron chi connectivity index (χ0n) is 18.5. The monoisotopic (exact) mass is 524 g/mol. The first-order valence-corrected chi connectivity index (χ1v) is 11.3. The van der Waals surface area contributed by atoms with Crippen molar-refractivity contribution in [2.24, 2.45) is 10.9 Å². The molecule has 7 nitrogen and oxygen atoms in total. The number of morpholine rings is 2. The summed E-state index contributed by atoms with van der Waals surface area (Å²) >= 11 is 0. The second-order valence-electron chi connectivity index (χ2n) is 8.53. The Morgan fingerprint density at radius 3 is 2.48 bits per heavy atom. The predicted molar refractivity (Wildman–Crippen MR) is 127 cm³/mol. The van der Waals surface area contributed by atoms with Gasteiger partial charge in [-0.3, -0.25) is 9.89 Å². The molecule has 0 aromatic heterocycles. The van der Waals surface area contributed by atoms with Gasteiger partial charge in [0.1, 0.15) is 6.10 Å². The SMILES string of the molecule is CCNC(=NCC(CC(C)C)N1CCOCC1)N1CCOC(C2CCCO2)C1.I. The Morgan fingerprint density at radius 1 is 1.07 bits per heavy atom. The van der Waals surface area contributed by atoms with Crippen LogP contribution < -0.4 is 5.32 Å². The first-order valence-electron chi connectivity index (χ1n) is 11.3. The van der Waals surface area contributed by atoms with E-state index in [-0.39, 0.29) is 36.2 Å². The minimum Gasteiger partial charge on any atom is -0.379 e. The Labute approximate surface area is 193 Å². The maximum Gasteiger partial charge on any atom is 0.194 e. The van der Waals surface area contributed by atoms with Gasteiger partial charge in [0.2, 0.25) is 0 Å². The summed E-state index contributed by atoms with van der Waals surface area (Å²) in [5.74, 6) is 1.69. The lowest BCUT2D eigenvalue weighted by molar-refractivity contribution is -0.0817. The fourth-order valence-corrected chi connectivity index (χ4v) is 4.43. The Bertz CT molecular complexity index is 483. The molecule has 3 atom stereocenters. The molecule has 1 N–H and O–H groups in total. The van der Waals surface area contributed by atoms with Crippen molar-refractivity contribution in [3.63, 3.8) is 0 Å². The molecule has 0 bridgehead atoms. The molecule has 0 aromatic rings. The van der Waals surface area contributed by atoms with E-state index in [0.29, 0.717) is 12.0 Å². The van der Waals surface area contributed by atoms with Crippen LogP contribution in [0.5, 0.6) is 0 Å². The van der Waals surface area contributed by atoms with E-state index in [1.807, 2.05) is 0 Å². The number of guanidine groups is 1. The smallest absolute Gasteiger partial charge is 0.194 e. The van der Waals surface area contributed by atoms with Gasteiger partial charge in [0, 0.05) is 45.4 Å². The van der Waals surface area contributed by atoms with Crippen molar-refractivity contribution in [1.82, 2.24) is 15.1 Å². The van der Waals surface area contributed by atoms with Gasteiger partial charge < -0.3 is 24.4 Å². The molecule has 29 heavy (non-hydrogen) atoms. The second kappa shape index (κ2) is 13.3. The summed E-state index contributed by atoms with van der Waals surface area (Å²) < 4.78 is 17.4. The normalized spacial score (nSPS) is 27.7. The number of halogens is 1. The Kier molecular flexibility index (Phi) is 11.5. The lowest BCUT2D eigenvalue weighted by Crippen LogP contribution is -2.53. The number of ether oxygens (including phenoxy) is 3. The first-order chi connectivity index (χ1) is 13.7. The standard InChI is InChI=1S/C21H40N4O3.HI/c1-4-22-21(25-9-13-28-20(16-25)19-6-5-10-27-19)23-15-18(14-17(2)3)24-7-11-26-12-8-24;/h17-20H,4-16H2,1-3H3,(H,22,23);1H. The third-order valence-electron chi connectivity index (χ3n) is 5.86. The fourth-order valence-electron chi connectivity index (χ4n) is 4.43. The van der Waals surface area contributed by atoms with E-state index in [2.05, 4.69) is 35.9 Å². The van der Waals surface area contributed by atoms with Gasteiger partial charge in [0.25, 0.3) is 0 Å². The van der Waals surface area contributed by atoms with Crippen LogP contribution in [0.1, 0.15) is 40.0 Å². The molecule has 3 saturated heterocycles. The van der Waals surface area contributed by atoms with Crippen LogP contribution in [0, 0.1) is 5.92 Å². The average Bonchev–Trinajstić information content (AvgIpc) is 3.25. The highest BCUT2D eigenvalue weighted by atomic mass is 127. The minimum atomic E-state index is 0. The third-order valence-corrected chi connectivity index (χ3v) is 5.86. The highest BCUT2D eigenvalue weighted by Gasteiger charge is 2.32. The molecule has 0 aliphatic carbocycles. The Hall–Kier alpha value is -0.160. The Morgan fingerprint density at radius 2 is 1.83 bits per heavy atom. The fraction of sp³-hybridized carbons (Fsp3) is 0.952. The predicted octanol–water partition coefficient (Wildman–Crippen LogP) is 2.20. The maximum atomic E-state index is 6.02. The highest BCUT2D eigenvalue weighted by molar-refractivity contribution is 14.0. The lowest BCUT2D eigenvalue weighted by atomic mass is 10.0. The number of rotatable bonds is 7. The molecule has 3 aliphatic heterocycles. The van der Waals surface area contributed by atoms with Gasteiger partial charge in [-0.25, -0.2) is 0 Å². The van der Waals surface area contributed by atoms with E-state index in [9.17, 15) is 0 Å². The lowest BCUT2D eigenvalue weighted by Gasteiger charge is -2.38. The van der Waals surface area contributed by atoms with Gasteiger partial charge in [-0.2, -0.15) is 0 Å². The molecule has 3 unspecified atom stereocenters. The molecule has 8 heteroatoms. The summed E-state index contributed by atoms with van der Waals surface area (Å²) in [5.41, 5.74) is 0. The molecule has 0 aromatic carbocycles. The van der Waals surface area contributed by atoms with Crippen molar-refractivity contribution < 1.29 is 14.2 Å². The summed E-state index contributed by atoms with van der Waals surface area (Å²) in [6.45, 7) is 15.5. The van der Waals surface area contributed by atoms with E-state index >= 15 is 0 Å². The van der Waals surface area contributed by atoms with Crippen LogP contribution in [0.25, 0.3) is 0 Å². The zero-order valence-corrected chi connectivity index (χ0v) is 20.8. The molecule has 170 valence electrons. The number of nitrogens with zero attached hydrogens (tertiary/aromatic N) is 3. The third kappa shape index (κ3) is 7.79. The van der Waals surface area contributed by atoms with Crippen molar-refractivity contribution in [3.05, 3.63) is 0 Å². The summed E-state index contributed by atoms with van der Waals surface area (Å²) in [5, 5.41) is 3.51. The van der Waals surface area contributed by atoms with Crippen molar-refractivity contribution in [3.8, 4) is 0 Å². The Balaban J connectivity index is 0.00000300. The molecular weight excluding hydrogens is 483 g/mol. The van der Waals surface area contributed by atoms with Gasteiger partial charge in [-0.1, -0.05) is 13.8 Å². The van der Waals surface area contributed by atoms with Gasteiger partial charge in [0.15, 0.2) is 5.96 Å². The first kappa shape index (κ1) is 25.1. The van der Waals surface area contributed by atoms with E-state index in [4.69, 9.17) is 19.2 Å². The van der Waals surface area contributed by atoms with Gasteiger partial charge in [-0.05, 0) is 32.1 Å². The molecule has 0 saturated carbocycles. The summed E-state index contributed by atoms with van der Waals surface area (Å²) in [6, 6.07) is 0.479. The molecule has 0 spiro atoms. The molecule has 3 aliphatic rings. The molecule has 3 fully saturated rings. The molecule has 3 heterocycles. The van der Waals surface area contributed by atoms with Crippen LogP contribution in [0.15, 0.2) is 4.99 Å². The number of aliphatic imine (C=N–C) groups is 1. The number of nitrogens with one attached hydrogen (secondary N) is 1. The van der Waals surface area contributed by atoms with E-state index < -0.39 is 0 Å². The number of hydrogen-bond donors (Lipinski definition) is 1. The molecule has 0 radical (unpaired) electrons. The van der Waals surface area contributed by atoms with Gasteiger partial charge in [0.05, 0.1) is 32.5 Å². The van der Waals surface area contributed by atoms with Crippen LogP contribution in [-0.2, 0) is 14.2 Å². The maximum absolute atomic E-state index is 6.02. The van der Waals surface area contributed by atoms with Crippen LogP contribution >= 0.6 is 24.0 Å². The highest BCUT2D eigenvalue weighted by Crippen LogP contribution is 2.21. The van der Waals surface area contributed by atoms with E-state index in [1.165, 1.54) is 6.42 Å².